The van der Waals surface area contributed by atoms with Gasteiger partial charge < -0.3 is 0 Å². The average Bonchev–Trinajstić information content (AvgIpc) is 3.04. The van der Waals surface area contributed by atoms with Crippen LogP contribution in [0, 0.1) is 0 Å². The van der Waals surface area contributed by atoms with Crippen LogP contribution < -0.4 is 0 Å². The summed E-state index contributed by atoms with van der Waals surface area (Å²) in [5.74, 6) is 0.586. The van der Waals surface area contributed by atoms with Gasteiger partial charge in [-0.1, -0.05) is 107 Å². The molecule has 0 N–H and O–H groups in total. The summed E-state index contributed by atoms with van der Waals surface area (Å²) in [6, 6.07) is 37.4. The van der Waals surface area contributed by atoms with Gasteiger partial charge in [0, 0.05) is 16.3 Å². The molecule has 5 rings (SSSR count). The Morgan fingerprint density at radius 2 is 1.11 bits per heavy atom. The van der Waals surface area contributed by atoms with Crippen molar-refractivity contribution >= 4 is 15.9 Å². The summed E-state index contributed by atoms with van der Waals surface area (Å²) in [7, 11) is 0. The number of hydrogen-bond acceptors (Lipinski definition) is 0. The van der Waals surface area contributed by atoms with Crippen LogP contribution in [0.15, 0.2) is 108 Å². The predicted molar refractivity (Wildman–Crippen MR) is 116 cm³/mol. The van der Waals surface area contributed by atoms with E-state index in [4.69, 9.17) is 0 Å². The van der Waals surface area contributed by atoms with E-state index >= 15 is 0 Å². The highest BCUT2D eigenvalue weighted by Crippen LogP contribution is 2.53. The molecule has 1 atom stereocenters. The highest BCUT2D eigenvalue weighted by atomic mass is 79.9. The second-order valence-electron chi connectivity index (χ2n) is 7.10. The van der Waals surface area contributed by atoms with Gasteiger partial charge in [-0.2, -0.15) is 0 Å². The van der Waals surface area contributed by atoms with E-state index in [1.165, 1.54) is 33.4 Å². The average molecular weight is 411 g/mol. The molecule has 0 spiro atoms. The maximum atomic E-state index is 3.70. The van der Waals surface area contributed by atoms with Gasteiger partial charge in [0.1, 0.15) is 0 Å². The van der Waals surface area contributed by atoms with E-state index in [1.807, 2.05) is 0 Å². The fourth-order valence-corrected chi connectivity index (χ4v) is 4.85. The second kappa shape index (κ2) is 6.83. The minimum atomic E-state index is 0.282. The Hall–Kier alpha value is -2.64. The van der Waals surface area contributed by atoms with Gasteiger partial charge >= 0.3 is 0 Å². The fraction of sp³-hybridized carbons (Fsp3) is 0.0769. The summed E-state index contributed by atoms with van der Waals surface area (Å²) < 4.78 is 1.14. The van der Waals surface area contributed by atoms with Crippen molar-refractivity contribution in [1.29, 1.82) is 0 Å². The Balaban J connectivity index is 1.79. The third kappa shape index (κ3) is 2.83. The van der Waals surface area contributed by atoms with E-state index in [9.17, 15) is 0 Å². The highest BCUT2D eigenvalue weighted by Gasteiger charge is 2.35. The Morgan fingerprint density at radius 1 is 0.556 bits per heavy atom. The quantitative estimate of drug-likeness (QED) is 0.330. The van der Waals surface area contributed by atoms with Gasteiger partial charge in [0.2, 0.25) is 0 Å². The third-order valence-corrected chi connectivity index (χ3v) is 6.08. The molecule has 4 aromatic rings. The lowest BCUT2D eigenvalue weighted by Gasteiger charge is -2.27. The smallest absolute Gasteiger partial charge is 0.0211 e. The molecule has 4 aromatic carbocycles. The molecule has 0 aliphatic heterocycles. The topological polar surface area (TPSA) is 0 Å². The molecule has 0 nitrogen and oxygen atoms in total. The number of fused-ring (bicyclic) bond motifs is 3. The van der Waals surface area contributed by atoms with Crippen LogP contribution in [0.25, 0.3) is 11.1 Å². The van der Waals surface area contributed by atoms with Gasteiger partial charge in [0.15, 0.2) is 0 Å². The first kappa shape index (κ1) is 16.5. The van der Waals surface area contributed by atoms with Gasteiger partial charge in [-0.15, -0.1) is 0 Å². The molecule has 0 saturated heterocycles. The lowest BCUT2D eigenvalue weighted by molar-refractivity contribution is 0.708. The van der Waals surface area contributed by atoms with E-state index < -0.39 is 0 Å². The summed E-state index contributed by atoms with van der Waals surface area (Å²) in [4.78, 5) is 0. The summed E-state index contributed by atoms with van der Waals surface area (Å²) in [6.07, 6.45) is 0. The van der Waals surface area contributed by atoms with Gasteiger partial charge in [0.25, 0.3) is 0 Å². The largest absolute Gasteiger partial charge is 0.0622 e. The van der Waals surface area contributed by atoms with Crippen LogP contribution in [-0.2, 0) is 0 Å². The van der Waals surface area contributed by atoms with E-state index in [-0.39, 0.29) is 5.92 Å². The molecule has 130 valence electrons. The van der Waals surface area contributed by atoms with Crippen LogP contribution in [0.5, 0.6) is 0 Å². The Kier molecular flexibility index (Phi) is 4.18. The molecule has 27 heavy (non-hydrogen) atoms. The molecule has 0 amide bonds. The molecule has 1 heteroatoms. The lowest BCUT2D eigenvalue weighted by atomic mass is 9.76. The lowest BCUT2D eigenvalue weighted by Crippen LogP contribution is -2.12. The molecule has 1 aliphatic rings. The van der Waals surface area contributed by atoms with Crippen molar-refractivity contribution in [1.82, 2.24) is 0 Å². The maximum absolute atomic E-state index is 3.70. The minimum Gasteiger partial charge on any atom is -0.0622 e. The van der Waals surface area contributed by atoms with Crippen molar-refractivity contribution in [2.75, 3.05) is 0 Å². The highest BCUT2D eigenvalue weighted by molar-refractivity contribution is 9.10. The first-order chi connectivity index (χ1) is 13.3. The van der Waals surface area contributed by atoms with E-state index in [1.54, 1.807) is 0 Å². The molecule has 0 aromatic heterocycles. The standard InChI is InChI=1S/C26H19Br/c27-20-15-16-22-21-13-7-8-14-23(21)26(24(22)17-20)25(18-9-3-1-4-10-18)19-11-5-2-6-12-19/h1-17,25-26H. The second-order valence-corrected chi connectivity index (χ2v) is 8.01. The van der Waals surface area contributed by atoms with Crippen LogP contribution in [0.2, 0.25) is 0 Å². The summed E-state index contributed by atoms with van der Waals surface area (Å²) in [5, 5.41) is 0. The summed E-state index contributed by atoms with van der Waals surface area (Å²) >= 11 is 3.70. The summed E-state index contributed by atoms with van der Waals surface area (Å²) in [5.41, 5.74) is 8.26. The summed E-state index contributed by atoms with van der Waals surface area (Å²) in [6.45, 7) is 0. The zero-order chi connectivity index (χ0) is 18.2. The van der Waals surface area contributed by atoms with Crippen molar-refractivity contribution < 1.29 is 0 Å². The molecular weight excluding hydrogens is 392 g/mol. The number of halogens is 1. The van der Waals surface area contributed by atoms with Crippen molar-refractivity contribution in [2.45, 2.75) is 11.8 Å². The molecule has 0 radical (unpaired) electrons. The van der Waals surface area contributed by atoms with Crippen molar-refractivity contribution in [3.8, 4) is 11.1 Å². The van der Waals surface area contributed by atoms with Crippen LogP contribution >= 0.6 is 15.9 Å². The minimum absolute atomic E-state index is 0.282. The third-order valence-electron chi connectivity index (χ3n) is 5.59. The number of benzene rings is 4. The molecule has 1 aliphatic carbocycles. The van der Waals surface area contributed by atoms with Crippen molar-refractivity contribution in [3.05, 3.63) is 130 Å². The molecule has 0 fully saturated rings. The monoisotopic (exact) mass is 410 g/mol. The van der Waals surface area contributed by atoms with Gasteiger partial charge in [0.05, 0.1) is 0 Å². The zero-order valence-corrected chi connectivity index (χ0v) is 16.4. The Morgan fingerprint density at radius 3 is 1.78 bits per heavy atom. The van der Waals surface area contributed by atoms with Crippen LogP contribution in [0.4, 0.5) is 0 Å². The molecular formula is C26H19Br. The first-order valence-corrected chi connectivity index (χ1v) is 10.1. The van der Waals surface area contributed by atoms with Gasteiger partial charge in [-0.05, 0) is 45.5 Å². The van der Waals surface area contributed by atoms with E-state index in [2.05, 4.69) is 119 Å². The predicted octanol–water partition coefficient (Wildman–Crippen LogP) is 7.39. The van der Waals surface area contributed by atoms with Crippen molar-refractivity contribution in [2.24, 2.45) is 0 Å². The number of rotatable bonds is 3. The van der Waals surface area contributed by atoms with Gasteiger partial charge in [-0.25, -0.2) is 0 Å². The number of hydrogen-bond donors (Lipinski definition) is 0. The molecule has 0 saturated carbocycles. The van der Waals surface area contributed by atoms with Crippen LogP contribution in [0.1, 0.15) is 34.1 Å². The SMILES string of the molecule is Brc1ccc2c(c1)C(C(c1ccccc1)c1ccccc1)c1ccccc1-2. The van der Waals surface area contributed by atoms with Crippen LogP contribution in [-0.4, -0.2) is 0 Å². The molecule has 1 unspecified atom stereocenters. The fourth-order valence-electron chi connectivity index (χ4n) is 4.47. The Labute approximate surface area is 168 Å². The van der Waals surface area contributed by atoms with Gasteiger partial charge in [-0.3, -0.25) is 0 Å². The zero-order valence-electron chi connectivity index (χ0n) is 14.8. The normalized spacial score (nSPS) is 14.8. The van der Waals surface area contributed by atoms with Crippen molar-refractivity contribution in [3.63, 3.8) is 0 Å². The maximum Gasteiger partial charge on any atom is 0.0211 e. The van der Waals surface area contributed by atoms with E-state index in [0.717, 1.165) is 4.47 Å². The molecule has 0 heterocycles. The Bertz CT molecular complexity index is 1040. The first-order valence-electron chi connectivity index (χ1n) is 9.31. The van der Waals surface area contributed by atoms with E-state index in [0.29, 0.717) is 5.92 Å². The van der Waals surface area contributed by atoms with Crippen LogP contribution in [0.3, 0.4) is 0 Å². The molecule has 0 bridgehead atoms.